The van der Waals surface area contributed by atoms with Gasteiger partial charge in [0, 0.05) is 51.3 Å². The molecule has 55 heavy (non-hydrogen) atoms. The summed E-state index contributed by atoms with van der Waals surface area (Å²) in [6.45, 7) is 3.27. The number of hydrogen-bond donors (Lipinski definition) is 8. The first kappa shape index (κ1) is 46.7. The Labute approximate surface area is 318 Å². The first-order valence-electron chi connectivity index (χ1n) is 17.3. The molecule has 0 spiro atoms. The van der Waals surface area contributed by atoms with Gasteiger partial charge < -0.3 is 53.0 Å². The molecule has 2 aromatic carbocycles. The summed E-state index contributed by atoms with van der Waals surface area (Å²) in [4.78, 5) is 85.5. The summed E-state index contributed by atoms with van der Waals surface area (Å²) in [6, 6.07) is 12.0. The number of unbranched alkanes of at least 4 members (excludes halogenated alkanes) is 1. The van der Waals surface area contributed by atoms with Crippen LogP contribution in [0, 0.1) is 10.1 Å². The number of anilines is 1. The molecule has 0 bridgehead atoms. The molecule has 1 heterocycles. The van der Waals surface area contributed by atoms with Gasteiger partial charge in [-0.1, -0.05) is 30.3 Å². The lowest BCUT2D eigenvalue weighted by Gasteiger charge is -2.28. The molecule has 1 saturated heterocycles. The molecule has 2 aromatic rings. The highest BCUT2D eigenvalue weighted by Crippen LogP contribution is 2.21. The number of benzene rings is 2. The maximum absolute atomic E-state index is 13.4. The van der Waals surface area contributed by atoms with Crippen molar-refractivity contribution in [3.63, 3.8) is 0 Å². The van der Waals surface area contributed by atoms with Gasteiger partial charge in [-0.25, -0.2) is 4.79 Å². The number of nitro groups is 1. The minimum absolute atomic E-state index is 0.102. The number of carboxylic acids is 2. The average Bonchev–Trinajstić information content (AvgIpc) is 3.62. The fourth-order valence-corrected chi connectivity index (χ4v) is 5.03. The monoisotopic (exact) mass is 773 g/mol. The van der Waals surface area contributed by atoms with Crippen molar-refractivity contribution in [2.75, 3.05) is 25.0 Å². The number of likely N-dealkylation sites (tertiary alicyclic amines) is 1. The third-order valence-electron chi connectivity index (χ3n) is 7.50. The number of amides is 4. The van der Waals surface area contributed by atoms with Gasteiger partial charge in [-0.15, -0.1) is 0 Å². The summed E-state index contributed by atoms with van der Waals surface area (Å²) in [7, 11) is 0. The largest absolute Gasteiger partial charge is 0.481 e. The lowest BCUT2D eigenvalue weighted by atomic mass is 10.1. The molecule has 302 valence electrons. The number of aliphatic carboxylic acids is 2. The van der Waals surface area contributed by atoms with Crippen molar-refractivity contribution >= 4 is 53.1 Å². The number of carbonyl (C=O) groups excluding carboxylic acids is 4. The highest BCUT2D eigenvalue weighted by Gasteiger charge is 2.37. The molecule has 1 aliphatic heterocycles. The van der Waals surface area contributed by atoms with Crippen LogP contribution < -0.4 is 33.2 Å². The Morgan fingerprint density at radius 3 is 2.16 bits per heavy atom. The third kappa shape index (κ3) is 20.5. The molecule has 4 amide bonds. The second-order valence-electron chi connectivity index (χ2n) is 12.1. The molecule has 20 nitrogen and oxygen atoms in total. The fourth-order valence-electron chi connectivity index (χ4n) is 5.03. The number of nitrogens with zero attached hydrogens (tertiary/aromatic N) is 3. The summed E-state index contributed by atoms with van der Waals surface area (Å²) in [5.74, 6) is -3.17. The van der Waals surface area contributed by atoms with Crippen LogP contribution in [0.2, 0.25) is 0 Å². The fraction of sp³-hybridized carbons (Fsp3) is 0.457. The van der Waals surface area contributed by atoms with Gasteiger partial charge >= 0.3 is 6.09 Å². The molecular weight excluding hydrogens is 722 g/mol. The Morgan fingerprint density at radius 1 is 0.964 bits per heavy atom. The highest BCUT2D eigenvalue weighted by molar-refractivity contribution is 5.98. The van der Waals surface area contributed by atoms with Crippen LogP contribution in [0.3, 0.4) is 0 Å². The lowest BCUT2D eigenvalue weighted by molar-refractivity contribution is -0.384. The van der Waals surface area contributed by atoms with Crippen molar-refractivity contribution in [2.24, 2.45) is 22.2 Å². The number of carboxylic acid groups (broad SMARTS) is 2. The Balaban J connectivity index is 0.00000172. The number of carbonyl (C=O) groups is 6. The van der Waals surface area contributed by atoms with E-state index in [9.17, 15) is 29.3 Å². The Bertz CT molecular complexity index is 1570. The van der Waals surface area contributed by atoms with Crippen LogP contribution in [-0.2, 0) is 35.3 Å². The van der Waals surface area contributed by atoms with Crippen molar-refractivity contribution in [3.05, 3.63) is 70.3 Å². The van der Waals surface area contributed by atoms with E-state index in [1.54, 1.807) is 0 Å². The van der Waals surface area contributed by atoms with Crippen LogP contribution in [0.5, 0.6) is 0 Å². The van der Waals surface area contributed by atoms with E-state index in [4.69, 9.17) is 41.7 Å². The number of guanidine groups is 1. The van der Waals surface area contributed by atoms with E-state index in [2.05, 4.69) is 20.9 Å². The molecule has 0 saturated carbocycles. The van der Waals surface area contributed by atoms with Gasteiger partial charge in [0.2, 0.25) is 17.7 Å². The smallest absolute Gasteiger partial charge is 0.407 e. The molecule has 3 unspecified atom stereocenters. The summed E-state index contributed by atoms with van der Waals surface area (Å²) in [5.41, 5.74) is 18.0. The van der Waals surface area contributed by atoms with Crippen LogP contribution in [0.25, 0.3) is 0 Å². The normalized spacial score (nSPS) is 13.9. The predicted molar refractivity (Wildman–Crippen MR) is 201 cm³/mol. The first-order valence-corrected chi connectivity index (χ1v) is 17.3. The number of hydrogen-bond acceptors (Lipinski definition) is 11. The van der Waals surface area contributed by atoms with Crippen molar-refractivity contribution in [1.82, 2.24) is 15.5 Å². The molecule has 3 rings (SSSR count). The zero-order valence-electron chi connectivity index (χ0n) is 30.8. The molecule has 1 fully saturated rings. The lowest BCUT2D eigenvalue weighted by Crippen LogP contribution is -2.54. The average molecular weight is 774 g/mol. The maximum atomic E-state index is 13.4. The molecule has 0 radical (unpaired) electrons. The number of nitro benzene ring substituents is 1. The van der Waals surface area contributed by atoms with Crippen LogP contribution in [0.15, 0.2) is 59.6 Å². The maximum Gasteiger partial charge on any atom is 0.407 e. The predicted octanol–water partition coefficient (Wildman–Crippen LogP) is 1.67. The van der Waals surface area contributed by atoms with E-state index in [1.165, 1.54) is 29.2 Å². The Kier molecular flexibility index (Phi) is 21.8. The minimum atomic E-state index is -0.995. The van der Waals surface area contributed by atoms with Gasteiger partial charge in [-0.05, 0) is 62.6 Å². The van der Waals surface area contributed by atoms with Crippen LogP contribution in [-0.4, -0.2) is 99.5 Å². The van der Waals surface area contributed by atoms with Crippen molar-refractivity contribution in [3.8, 4) is 0 Å². The van der Waals surface area contributed by atoms with Gasteiger partial charge in [0.05, 0.1) is 11.0 Å². The van der Waals surface area contributed by atoms with Crippen LogP contribution in [0.4, 0.5) is 16.2 Å². The highest BCUT2D eigenvalue weighted by atomic mass is 16.6. The van der Waals surface area contributed by atoms with E-state index < -0.39 is 52.9 Å². The van der Waals surface area contributed by atoms with Gasteiger partial charge in [0.25, 0.3) is 17.6 Å². The van der Waals surface area contributed by atoms with Crippen molar-refractivity contribution < 1.29 is 48.6 Å². The molecule has 20 heteroatoms. The zero-order chi connectivity index (χ0) is 41.3. The summed E-state index contributed by atoms with van der Waals surface area (Å²) in [5, 5.41) is 33.9. The van der Waals surface area contributed by atoms with E-state index in [0.717, 1.165) is 19.4 Å². The standard InChI is InChI=1S/C31H43N9O7.2C2H4O2/c32-24(10-4-5-17-36-31(44)47-20-21-8-2-1-3-9-21)29(43)39-19-7-12-26(39)28(42)38-25(11-6-18-35-30(33)34)27(41)37-22-13-15-23(16-14-22)40(45)46;2*1-2(3)4/h1-3,8-9,13-16,24-26H,4-7,10-12,17-20,32H2,(H,36,44)(H,37,41)(H,38,42)(H4,33,34,35);2*1H3,(H,3,4). The topological polar surface area (TPSA) is 325 Å². The van der Waals surface area contributed by atoms with Gasteiger partial charge in [-0.3, -0.25) is 39.1 Å². The quantitative estimate of drug-likeness (QED) is 0.0373. The SMILES string of the molecule is CC(=O)O.CC(=O)O.NC(N)=NCCCC(NC(=O)C1CCCN1C(=O)C(N)CCCCNC(=O)OCc1ccccc1)C(=O)Nc1ccc([N+](=O)[O-])cc1. The van der Waals surface area contributed by atoms with Crippen molar-refractivity contribution in [2.45, 2.75) is 83.5 Å². The molecule has 0 aromatic heterocycles. The minimum Gasteiger partial charge on any atom is -0.481 e. The summed E-state index contributed by atoms with van der Waals surface area (Å²) >= 11 is 0. The zero-order valence-corrected chi connectivity index (χ0v) is 30.8. The van der Waals surface area contributed by atoms with Gasteiger partial charge in [-0.2, -0.15) is 0 Å². The number of alkyl carbamates (subject to hydrolysis) is 1. The Morgan fingerprint density at radius 2 is 1.58 bits per heavy atom. The third-order valence-corrected chi connectivity index (χ3v) is 7.50. The summed E-state index contributed by atoms with van der Waals surface area (Å²) in [6.07, 6.45) is 2.53. The van der Waals surface area contributed by atoms with Gasteiger partial charge in [0.1, 0.15) is 18.7 Å². The number of nitrogens with one attached hydrogen (secondary N) is 3. The number of aliphatic imine (C=N–C) groups is 1. The summed E-state index contributed by atoms with van der Waals surface area (Å²) < 4.78 is 5.18. The number of non-ortho nitro benzene ring substituents is 1. The molecule has 0 aliphatic carbocycles. The molecule has 3 atom stereocenters. The van der Waals surface area contributed by atoms with E-state index in [1.807, 2.05) is 30.3 Å². The second-order valence-corrected chi connectivity index (χ2v) is 12.1. The Hall–Kier alpha value is -6.31. The van der Waals surface area contributed by atoms with E-state index in [-0.39, 0.29) is 37.1 Å². The number of nitrogens with two attached hydrogens (primary N) is 3. The van der Waals surface area contributed by atoms with Crippen molar-refractivity contribution in [1.29, 1.82) is 0 Å². The van der Waals surface area contributed by atoms with E-state index >= 15 is 0 Å². The molecule has 1 aliphatic rings. The first-order chi connectivity index (χ1) is 26.0. The second kappa shape index (κ2) is 25.6. The van der Waals surface area contributed by atoms with Crippen LogP contribution in [0.1, 0.15) is 64.4 Å². The van der Waals surface area contributed by atoms with E-state index in [0.29, 0.717) is 57.3 Å². The van der Waals surface area contributed by atoms with Crippen LogP contribution >= 0.6 is 0 Å². The number of rotatable bonds is 17. The molecular formula is C35H51N9O11. The van der Waals surface area contributed by atoms with Gasteiger partial charge in [0.15, 0.2) is 5.96 Å². The molecule has 11 N–H and O–H groups in total. The number of ether oxygens (including phenoxy) is 1.